The summed E-state index contributed by atoms with van der Waals surface area (Å²) in [6, 6.07) is 10.1. The van der Waals surface area contributed by atoms with E-state index in [4.69, 9.17) is 0 Å². The average Bonchev–Trinajstić information content (AvgIpc) is 3.30. The summed E-state index contributed by atoms with van der Waals surface area (Å²) in [5.74, 6) is 0.124. The number of hydrogen-bond donors (Lipinski definition) is 1. The molecule has 2 saturated heterocycles. The van der Waals surface area contributed by atoms with E-state index in [0.29, 0.717) is 6.04 Å². The van der Waals surface area contributed by atoms with Gasteiger partial charge in [-0.3, -0.25) is 19.3 Å². The van der Waals surface area contributed by atoms with Crippen LogP contribution < -0.4 is 5.32 Å². The molecule has 2 aromatic rings. The van der Waals surface area contributed by atoms with Gasteiger partial charge in [-0.15, -0.1) is 0 Å². The van der Waals surface area contributed by atoms with Crippen LogP contribution in [0.15, 0.2) is 42.7 Å². The number of rotatable bonds is 5. The van der Waals surface area contributed by atoms with Gasteiger partial charge in [-0.05, 0) is 70.8 Å². The number of benzene rings is 1. The summed E-state index contributed by atoms with van der Waals surface area (Å²) in [5.41, 5.74) is 2.44. The summed E-state index contributed by atoms with van der Waals surface area (Å²) in [5, 5.41) is 7.55. The van der Waals surface area contributed by atoms with Crippen molar-refractivity contribution in [3.05, 3.63) is 48.3 Å². The van der Waals surface area contributed by atoms with Gasteiger partial charge in [-0.2, -0.15) is 5.10 Å². The fourth-order valence-electron chi connectivity index (χ4n) is 4.86. The molecule has 1 spiro atoms. The van der Waals surface area contributed by atoms with Gasteiger partial charge < -0.3 is 5.32 Å². The number of anilines is 1. The fourth-order valence-corrected chi connectivity index (χ4v) is 4.86. The van der Waals surface area contributed by atoms with E-state index in [0.717, 1.165) is 51.1 Å². The normalized spacial score (nSPS) is 22.4. The highest BCUT2D eigenvalue weighted by molar-refractivity contribution is 5.95. The molecule has 0 bridgehead atoms. The molecule has 0 aliphatic carbocycles. The number of nitrogens with one attached hydrogen (secondary N) is 1. The van der Waals surface area contributed by atoms with E-state index in [1.54, 1.807) is 0 Å². The van der Waals surface area contributed by atoms with Crippen molar-refractivity contribution in [3.8, 4) is 0 Å². The van der Waals surface area contributed by atoms with E-state index in [1.807, 2.05) is 41.2 Å². The predicted octanol–water partition coefficient (Wildman–Crippen LogP) is 3.39. The lowest BCUT2D eigenvalue weighted by Crippen LogP contribution is -2.40. The van der Waals surface area contributed by atoms with Crippen LogP contribution in [0.2, 0.25) is 0 Å². The SMILES string of the molecule is CC(C)n1cc(CN2CCC3(CC2)CC(C(=O)Nc2ccccc2)N(C)C3)cn1. The molecule has 1 N–H and O–H groups in total. The maximum atomic E-state index is 12.8. The van der Waals surface area contributed by atoms with E-state index in [1.165, 1.54) is 5.56 Å². The Balaban J connectivity index is 1.31. The molecule has 29 heavy (non-hydrogen) atoms. The highest BCUT2D eigenvalue weighted by atomic mass is 16.2. The van der Waals surface area contributed by atoms with Crippen LogP contribution in [0.3, 0.4) is 0 Å². The van der Waals surface area contributed by atoms with Gasteiger partial charge in [0.1, 0.15) is 0 Å². The number of para-hydroxylation sites is 1. The number of likely N-dealkylation sites (N-methyl/N-ethyl adjacent to an activating group) is 1. The van der Waals surface area contributed by atoms with Crippen molar-refractivity contribution in [1.29, 1.82) is 0 Å². The van der Waals surface area contributed by atoms with E-state index in [2.05, 4.69) is 47.3 Å². The Morgan fingerprint density at radius 1 is 1.24 bits per heavy atom. The maximum absolute atomic E-state index is 12.8. The van der Waals surface area contributed by atoms with Crippen LogP contribution in [0.5, 0.6) is 0 Å². The van der Waals surface area contributed by atoms with Crippen LogP contribution in [-0.4, -0.2) is 58.2 Å². The monoisotopic (exact) mass is 395 g/mol. The largest absolute Gasteiger partial charge is 0.325 e. The Labute approximate surface area is 173 Å². The molecule has 1 amide bonds. The number of piperidine rings is 1. The molecule has 3 heterocycles. The van der Waals surface area contributed by atoms with E-state index < -0.39 is 0 Å². The number of carbonyl (C=O) groups is 1. The van der Waals surface area contributed by atoms with Crippen LogP contribution in [-0.2, 0) is 11.3 Å². The summed E-state index contributed by atoms with van der Waals surface area (Å²) in [6.07, 6.45) is 7.44. The summed E-state index contributed by atoms with van der Waals surface area (Å²) < 4.78 is 2.03. The molecule has 1 aromatic heterocycles. The Kier molecular flexibility index (Phi) is 5.74. The number of likely N-dealkylation sites (tertiary alicyclic amines) is 2. The molecule has 2 fully saturated rings. The minimum Gasteiger partial charge on any atom is -0.325 e. The highest BCUT2D eigenvalue weighted by Crippen LogP contribution is 2.43. The third-order valence-electron chi connectivity index (χ3n) is 6.59. The Hall–Kier alpha value is -2.18. The molecule has 2 aliphatic rings. The van der Waals surface area contributed by atoms with Gasteiger partial charge >= 0.3 is 0 Å². The van der Waals surface area contributed by atoms with Gasteiger partial charge in [-0.1, -0.05) is 18.2 Å². The number of amides is 1. The fraction of sp³-hybridized carbons (Fsp3) is 0.565. The van der Waals surface area contributed by atoms with E-state index >= 15 is 0 Å². The van der Waals surface area contributed by atoms with Crippen LogP contribution in [0, 0.1) is 5.41 Å². The zero-order valence-electron chi connectivity index (χ0n) is 17.8. The van der Waals surface area contributed by atoms with Gasteiger partial charge in [0.25, 0.3) is 0 Å². The second-order valence-corrected chi connectivity index (χ2v) is 9.19. The van der Waals surface area contributed by atoms with Gasteiger partial charge in [0.2, 0.25) is 5.91 Å². The first-order valence-corrected chi connectivity index (χ1v) is 10.8. The Morgan fingerprint density at radius 2 is 1.97 bits per heavy atom. The van der Waals surface area contributed by atoms with Crippen molar-refractivity contribution < 1.29 is 4.79 Å². The average molecular weight is 396 g/mol. The lowest BCUT2D eigenvalue weighted by molar-refractivity contribution is -0.120. The van der Waals surface area contributed by atoms with Crippen molar-refractivity contribution in [2.45, 2.75) is 51.7 Å². The van der Waals surface area contributed by atoms with Crippen molar-refractivity contribution >= 4 is 11.6 Å². The first-order chi connectivity index (χ1) is 13.9. The molecular formula is C23H33N5O. The second-order valence-electron chi connectivity index (χ2n) is 9.19. The summed E-state index contributed by atoms with van der Waals surface area (Å²) in [7, 11) is 2.09. The van der Waals surface area contributed by atoms with Crippen molar-refractivity contribution in [2.24, 2.45) is 5.41 Å². The lowest BCUT2D eigenvalue weighted by atomic mass is 9.76. The van der Waals surface area contributed by atoms with Gasteiger partial charge in [0, 0.05) is 36.6 Å². The van der Waals surface area contributed by atoms with Crippen molar-refractivity contribution in [1.82, 2.24) is 19.6 Å². The topological polar surface area (TPSA) is 53.4 Å². The Morgan fingerprint density at radius 3 is 2.62 bits per heavy atom. The third kappa shape index (κ3) is 4.54. The molecule has 1 atom stereocenters. The first-order valence-electron chi connectivity index (χ1n) is 10.8. The predicted molar refractivity (Wildman–Crippen MR) is 116 cm³/mol. The maximum Gasteiger partial charge on any atom is 0.241 e. The molecule has 0 radical (unpaired) electrons. The smallest absolute Gasteiger partial charge is 0.241 e. The van der Waals surface area contributed by atoms with Gasteiger partial charge in [-0.25, -0.2) is 0 Å². The summed E-state index contributed by atoms with van der Waals surface area (Å²) in [4.78, 5) is 17.6. The molecule has 6 heteroatoms. The molecule has 4 rings (SSSR count). The van der Waals surface area contributed by atoms with Gasteiger partial charge in [0.15, 0.2) is 0 Å². The molecule has 1 unspecified atom stereocenters. The van der Waals surface area contributed by atoms with Crippen LogP contribution >= 0.6 is 0 Å². The van der Waals surface area contributed by atoms with E-state index in [9.17, 15) is 4.79 Å². The zero-order chi connectivity index (χ0) is 20.4. The Bertz CT molecular complexity index is 823. The zero-order valence-corrected chi connectivity index (χ0v) is 17.8. The molecule has 2 aliphatic heterocycles. The van der Waals surface area contributed by atoms with Crippen molar-refractivity contribution in [3.63, 3.8) is 0 Å². The standard InChI is InChI=1S/C23H33N5O/c1-18(2)28-16-19(14-24-28)15-27-11-9-23(10-12-27)13-21(26(3)17-23)22(29)25-20-7-5-4-6-8-20/h4-8,14,16,18,21H,9-13,15,17H2,1-3H3,(H,25,29). The number of carbonyl (C=O) groups excluding carboxylic acids is 1. The number of nitrogens with zero attached hydrogens (tertiary/aromatic N) is 4. The highest BCUT2D eigenvalue weighted by Gasteiger charge is 2.46. The molecule has 0 saturated carbocycles. The first kappa shape index (κ1) is 20.1. The van der Waals surface area contributed by atoms with Crippen LogP contribution in [0.25, 0.3) is 0 Å². The second kappa shape index (κ2) is 8.28. The minimum atomic E-state index is -0.0361. The molecule has 6 nitrogen and oxygen atoms in total. The molecular weight excluding hydrogens is 362 g/mol. The third-order valence-corrected chi connectivity index (χ3v) is 6.59. The summed E-state index contributed by atoms with van der Waals surface area (Å²) in [6.45, 7) is 8.47. The molecule has 1 aromatic carbocycles. The number of aromatic nitrogens is 2. The van der Waals surface area contributed by atoms with Crippen molar-refractivity contribution in [2.75, 3.05) is 32.0 Å². The number of hydrogen-bond acceptors (Lipinski definition) is 4. The van der Waals surface area contributed by atoms with Gasteiger partial charge in [0.05, 0.1) is 12.2 Å². The lowest BCUT2D eigenvalue weighted by Gasteiger charge is -2.39. The quantitative estimate of drug-likeness (QED) is 0.843. The summed E-state index contributed by atoms with van der Waals surface area (Å²) >= 11 is 0. The van der Waals surface area contributed by atoms with E-state index in [-0.39, 0.29) is 17.4 Å². The van der Waals surface area contributed by atoms with Crippen LogP contribution in [0.1, 0.15) is 44.7 Å². The van der Waals surface area contributed by atoms with Crippen LogP contribution in [0.4, 0.5) is 5.69 Å². The minimum absolute atomic E-state index is 0.0361. The molecule has 156 valence electrons.